The highest BCUT2D eigenvalue weighted by atomic mass is 16.5. The van der Waals surface area contributed by atoms with E-state index in [9.17, 15) is 9.90 Å². The first-order chi connectivity index (χ1) is 16.4. The van der Waals surface area contributed by atoms with Crippen LogP contribution in [-0.4, -0.2) is 30.4 Å². The minimum absolute atomic E-state index is 0.334. The Labute approximate surface area is 202 Å². The van der Waals surface area contributed by atoms with Crippen molar-refractivity contribution in [2.24, 2.45) is 0 Å². The molecule has 0 aliphatic rings. The van der Waals surface area contributed by atoms with Crippen LogP contribution in [0.5, 0.6) is 5.75 Å². The van der Waals surface area contributed by atoms with Gasteiger partial charge in [0.15, 0.2) is 6.10 Å². The average Bonchev–Trinajstić information content (AvgIpc) is 2.85. The molecule has 3 aromatic rings. The van der Waals surface area contributed by atoms with E-state index in [-0.39, 0.29) is 0 Å². The molecule has 1 N–H and O–H groups in total. The molecule has 0 amide bonds. The quantitative estimate of drug-likeness (QED) is 0.336. The maximum atomic E-state index is 11.3. The topological polar surface area (TPSA) is 55.8 Å². The second-order valence-corrected chi connectivity index (χ2v) is 8.68. The van der Waals surface area contributed by atoms with Crippen molar-refractivity contribution in [2.75, 3.05) is 13.2 Å². The number of hydrogen-bond acceptors (Lipinski definition) is 3. The predicted molar refractivity (Wildman–Crippen MR) is 138 cm³/mol. The van der Waals surface area contributed by atoms with Crippen molar-refractivity contribution < 1.29 is 19.4 Å². The highest BCUT2D eigenvalue weighted by molar-refractivity contribution is 5.72. The Kier molecular flexibility index (Phi) is 9.06. The molecule has 0 spiro atoms. The number of benzene rings is 3. The lowest BCUT2D eigenvalue weighted by molar-refractivity contribution is -0.149. The highest BCUT2D eigenvalue weighted by Crippen LogP contribution is 2.25. The molecule has 0 aliphatic carbocycles. The summed E-state index contributed by atoms with van der Waals surface area (Å²) in [6.07, 6.45) is 1.57. The lowest BCUT2D eigenvalue weighted by Gasteiger charge is -2.12. The Morgan fingerprint density at radius 1 is 0.912 bits per heavy atom. The third kappa shape index (κ3) is 7.06. The summed E-state index contributed by atoms with van der Waals surface area (Å²) in [6.45, 7) is 9.12. The van der Waals surface area contributed by atoms with Crippen molar-refractivity contribution in [1.82, 2.24) is 0 Å². The van der Waals surface area contributed by atoms with Gasteiger partial charge >= 0.3 is 5.97 Å². The molecule has 0 heterocycles. The second kappa shape index (κ2) is 12.2. The number of allylic oxidation sites excluding steroid dienone is 1. The first kappa shape index (κ1) is 25.3. The Bertz CT molecular complexity index is 1080. The highest BCUT2D eigenvalue weighted by Gasteiger charge is 2.17. The number of ether oxygens (including phenoxy) is 2. The van der Waals surface area contributed by atoms with Crippen LogP contribution in [0.2, 0.25) is 0 Å². The zero-order valence-corrected chi connectivity index (χ0v) is 20.5. The minimum Gasteiger partial charge on any atom is -0.490 e. The number of aliphatic carboxylic acids is 1. The molecule has 0 fully saturated rings. The average molecular weight is 459 g/mol. The van der Waals surface area contributed by atoms with Crippen LogP contribution in [0.3, 0.4) is 0 Å². The number of carboxylic acid groups (broad SMARTS) is 1. The zero-order chi connectivity index (χ0) is 24.5. The van der Waals surface area contributed by atoms with Gasteiger partial charge in [0.2, 0.25) is 0 Å². The van der Waals surface area contributed by atoms with Crippen LogP contribution in [0.1, 0.15) is 50.3 Å². The van der Waals surface area contributed by atoms with Gasteiger partial charge in [0, 0.05) is 13.0 Å². The Balaban J connectivity index is 1.55. The van der Waals surface area contributed by atoms with Crippen LogP contribution in [0.15, 0.2) is 78.9 Å². The molecule has 0 bridgehead atoms. The third-order valence-corrected chi connectivity index (χ3v) is 5.88. The number of hydrogen-bond donors (Lipinski definition) is 1. The van der Waals surface area contributed by atoms with Gasteiger partial charge in [-0.3, -0.25) is 0 Å². The maximum absolute atomic E-state index is 11.3. The van der Waals surface area contributed by atoms with Crippen molar-refractivity contribution in [1.29, 1.82) is 0 Å². The SMILES string of the molecule is CCOC(Cc1ccc(OC/C=C(/C)c2ccc(-c3ccc(C(C)C)cc3)cc2)cc1)C(=O)O. The van der Waals surface area contributed by atoms with E-state index in [0.717, 1.165) is 22.4 Å². The molecule has 4 heteroatoms. The molecule has 0 aromatic heterocycles. The summed E-state index contributed by atoms with van der Waals surface area (Å²) in [5.74, 6) is 0.338. The molecule has 34 heavy (non-hydrogen) atoms. The van der Waals surface area contributed by atoms with Gasteiger partial charge < -0.3 is 14.6 Å². The molecule has 0 radical (unpaired) electrons. The number of rotatable bonds is 11. The molecular weight excluding hydrogens is 424 g/mol. The van der Waals surface area contributed by atoms with Crippen LogP contribution >= 0.6 is 0 Å². The van der Waals surface area contributed by atoms with Crippen LogP contribution in [0.25, 0.3) is 16.7 Å². The summed E-state index contributed by atoms with van der Waals surface area (Å²) < 4.78 is 11.1. The van der Waals surface area contributed by atoms with E-state index in [1.165, 1.54) is 16.7 Å². The van der Waals surface area contributed by atoms with Gasteiger partial charge in [-0.2, -0.15) is 0 Å². The fourth-order valence-corrected chi connectivity index (χ4v) is 3.72. The Morgan fingerprint density at radius 2 is 1.50 bits per heavy atom. The maximum Gasteiger partial charge on any atom is 0.333 e. The Morgan fingerprint density at radius 3 is 2.03 bits per heavy atom. The van der Waals surface area contributed by atoms with Crippen molar-refractivity contribution in [3.05, 3.63) is 95.6 Å². The first-order valence-electron chi connectivity index (χ1n) is 11.8. The molecule has 3 aromatic carbocycles. The molecule has 178 valence electrons. The van der Waals surface area contributed by atoms with E-state index in [2.05, 4.69) is 75.4 Å². The molecule has 4 nitrogen and oxygen atoms in total. The van der Waals surface area contributed by atoms with Crippen LogP contribution in [0.4, 0.5) is 0 Å². The molecule has 0 saturated carbocycles. The van der Waals surface area contributed by atoms with Gasteiger partial charge in [-0.25, -0.2) is 4.79 Å². The van der Waals surface area contributed by atoms with E-state index in [1.54, 1.807) is 6.92 Å². The minimum atomic E-state index is -0.945. The summed E-state index contributed by atoms with van der Waals surface area (Å²) >= 11 is 0. The van der Waals surface area contributed by atoms with Crippen molar-refractivity contribution in [2.45, 2.75) is 46.1 Å². The molecule has 1 atom stereocenters. The van der Waals surface area contributed by atoms with Gasteiger partial charge in [0.25, 0.3) is 0 Å². The van der Waals surface area contributed by atoms with E-state index in [4.69, 9.17) is 9.47 Å². The van der Waals surface area contributed by atoms with Crippen molar-refractivity contribution >= 4 is 11.5 Å². The monoisotopic (exact) mass is 458 g/mol. The smallest absolute Gasteiger partial charge is 0.333 e. The van der Waals surface area contributed by atoms with Gasteiger partial charge in [0.1, 0.15) is 12.4 Å². The fraction of sp³-hybridized carbons (Fsp3) is 0.300. The van der Waals surface area contributed by atoms with Crippen LogP contribution in [0, 0.1) is 0 Å². The number of carbonyl (C=O) groups is 1. The summed E-state index contributed by atoms with van der Waals surface area (Å²) in [7, 11) is 0. The summed E-state index contributed by atoms with van der Waals surface area (Å²) in [5, 5.41) is 9.23. The van der Waals surface area contributed by atoms with Crippen molar-refractivity contribution in [3.8, 4) is 16.9 Å². The van der Waals surface area contributed by atoms with Gasteiger partial charge in [-0.15, -0.1) is 0 Å². The fourth-order valence-electron chi connectivity index (χ4n) is 3.72. The molecule has 1 unspecified atom stereocenters. The lowest BCUT2D eigenvalue weighted by atomic mass is 9.97. The summed E-state index contributed by atoms with van der Waals surface area (Å²) in [5.41, 5.74) is 7.00. The summed E-state index contributed by atoms with van der Waals surface area (Å²) in [6, 6.07) is 24.9. The predicted octanol–water partition coefficient (Wildman–Crippen LogP) is 6.99. The molecular formula is C30H34O4. The van der Waals surface area contributed by atoms with E-state index < -0.39 is 12.1 Å². The largest absolute Gasteiger partial charge is 0.490 e. The molecule has 0 saturated heterocycles. The van der Waals surface area contributed by atoms with Crippen LogP contribution in [-0.2, 0) is 16.0 Å². The third-order valence-electron chi connectivity index (χ3n) is 5.88. The normalized spacial score (nSPS) is 12.6. The second-order valence-electron chi connectivity index (χ2n) is 8.68. The Hall–Kier alpha value is -3.37. The van der Waals surface area contributed by atoms with Gasteiger partial charge in [-0.05, 0) is 71.4 Å². The van der Waals surface area contributed by atoms with E-state index >= 15 is 0 Å². The van der Waals surface area contributed by atoms with Crippen LogP contribution < -0.4 is 4.74 Å². The van der Waals surface area contributed by atoms with E-state index in [0.29, 0.717) is 25.6 Å². The molecule has 3 rings (SSSR count). The summed E-state index contributed by atoms with van der Waals surface area (Å²) in [4.78, 5) is 11.3. The van der Waals surface area contributed by atoms with Gasteiger partial charge in [-0.1, -0.05) is 74.5 Å². The lowest BCUT2D eigenvalue weighted by Crippen LogP contribution is -2.26. The first-order valence-corrected chi connectivity index (χ1v) is 11.8. The molecule has 0 aliphatic heterocycles. The zero-order valence-electron chi connectivity index (χ0n) is 20.5. The van der Waals surface area contributed by atoms with Crippen molar-refractivity contribution in [3.63, 3.8) is 0 Å². The van der Waals surface area contributed by atoms with E-state index in [1.807, 2.05) is 24.3 Å². The number of carboxylic acids is 1. The standard InChI is InChI=1S/C30H34O4/c1-5-33-29(30(31)32)20-23-6-16-28(17-7-23)34-19-18-22(4)25-10-14-27(15-11-25)26-12-8-24(9-13-26)21(2)3/h6-18,21,29H,5,19-20H2,1-4H3,(H,31,32)/b22-18-. The van der Waals surface area contributed by atoms with Gasteiger partial charge in [0.05, 0.1) is 0 Å².